The van der Waals surface area contributed by atoms with Crippen molar-refractivity contribution in [3.8, 4) is 11.1 Å². The van der Waals surface area contributed by atoms with E-state index in [1.54, 1.807) is 11.3 Å². The summed E-state index contributed by atoms with van der Waals surface area (Å²) in [5.41, 5.74) is 7.21. The van der Waals surface area contributed by atoms with Crippen LogP contribution in [0.2, 0.25) is 0 Å². The number of nitrogens with zero attached hydrogens (tertiary/aromatic N) is 3. The lowest BCUT2D eigenvalue weighted by Gasteiger charge is -2.12. The van der Waals surface area contributed by atoms with Crippen LogP contribution < -0.4 is 0 Å². The lowest BCUT2D eigenvalue weighted by molar-refractivity contribution is 0.941. The van der Waals surface area contributed by atoms with Gasteiger partial charge in [-0.1, -0.05) is 43.3 Å². The fraction of sp³-hybridized carbons (Fsp3) is 0.208. The van der Waals surface area contributed by atoms with Gasteiger partial charge in [0.2, 0.25) is 0 Å². The first kappa shape index (κ1) is 18.5. The maximum atomic E-state index is 4.68. The van der Waals surface area contributed by atoms with E-state index < -0.39 is 0 Å². The predicted molar refractivity (Wildman–Crippen MR) is 116 cm³/mol. The van der Waals surface area contributed by atoms with Gasteiger partial charge in [-0.15, -0.1) is 11.3 Å². The monoisotopic (exact) mass is 385 g/mol. The van der Waals surface area contributed by atoms with Gasteiger partial charge in [0.25, 0.3) is 0 Å². The molecule has 0 N–H and O–H groups in total. The summed E-state index contributed by atoms with van der Waals surface area (Å²) < 4.78 is 0. The van der Waals surface area contributed by atoms with Gasteiger partial charge in [0.15, 0.2) is 0 Å². The van der Waals surface area contributed by atoms with Gasteiger partial charge < -0.3 is 0 Å². The molecule has 0 amide bonds. The van der Waals surface area contributed by atoms with E-state index in [9.17, 15) is 0 Å². The van der Waals surface area contributed by atoms with Crippen molar-refractivity contribution in [2.24, 2.45) is 0 Å². The van der Waals surface area contributed by atoms with E-state index in [1.807, 2.05) is 36.1 Å². The predicted octanol–water partition coefficient (Wildman–Crippen LogP) is 5.54. The van der Waals surface area contributed by atoms with Gasteiger partial charge in [0.05, 0.1) is 10.7 Å². The zero-order chi connectivity index (χ0) is 19.2. The van der Waals surface area contributed by atoms with Crippen molar-refractivity contribution in [2.75, 3.05) is 0 Å². The number of hydrogen-bond donors (Lipinski definition) is 0. The van der Waals surface area contributed by atoms with Crippen LogP contribution >= 0.6 is 11.3 Å². The highest BCUT2D eigenvalue weighted by molar-refractivity contribution is 7.09. The molecule has 0 saturated carbocycles. The molecule has 4 aromatic rings. The van der Waals surface area contributed by atoms with Gasteiger partial charge in [0, 0.05) is 53.6 Å². The van der Waals surface area contributed by atoms with Crippen LogP contribution in [0.15, 0.2) is 72.5 Å². The van der Waals surface area contributed by atoms with Crippen molar-refractivity contribution < 1.29 is 0 Å². The molecule has 0 radical (unpaired) electrons. The van der Waals surface area contributed by atoms with Crippen molar-refractivity contribution in [3.63, 3.8) is 0 Å². The summed E-state index contributed by atoms with van der Waals surface area (Å²) in [5.74, 6) is 0. The number of pyridine rings is 2. The Bertz CT molecular complexity index is 1020. The molecule has 0 aliphatic carbocycles. The third-order valence-electron chi connectivity index (χ3n) is 4.91. The Kier molecular flexibility index (Phi) is 5.88. The lowest BCUT2D eigenvalue weighted by Crippen LogP contribution is -1.99. The van der Waals surface area contributed by atoms with Gasteiger partial charge in [-0.3, -0.25) is 9.97 Å². The van der Waals surface area contributed by atoms with Crippen LogP contribution in [-0.4, -0.2) is 15.0 Å². The highest BCUT2D eigenvalue weighted by Crippen LogP contribution is 2.27. The van der Waals surface area contributed by atoms with Crippen molar-refractivity contribution in [1.82, 2.24) is 15.0 Å². The second-order valence-electron chi connectivity index (χ2n) is 6.77. The molecular weight excluding hydrogens is 362 g/mol. The molecule has 3 aromatic heterocycles. The number of aromatic nitrogens is 3. The third kappa shape index (κ3) is 4.34. The average Bonchev–Trinajstić information content (AvgIpc) is 3.27. The molecule has 3 nitrogen and oxygen atoms in total. The molecule has 1 aromatic carbocycles. The van der Waals surface area contributed by atoms with Crippen LogP contribution in [0.5, 0.6) is 0 Å². The van der Waals surface area contributed by atoms with Crippen molar-refractivity contribution in [1.29, 1.82) is 0 Å². The standard InChI is InChI=1S/C24H23N3S/c1-2-22-20(5-3-13-25-22)21-6-4-14-26-23(21)17-19-9-7-18(8-10-19)11-12-24-27-15-16-28-24/h3-10,13-16H,2,11-12,17H2,1H3. The van der Waals surface area contributed by atoms with Crippen LogP contribution in [0.3, 0.4) is 0 Å². The molecule has 4 rings (SSSR count). The summed E-state index contributed by atoms with van der Waals surface area (Å²) >= 11 is 1.73. The number of aryl methyl sites for hydroxylation is 3. The topological polar surface area (TPSA) is 38.7 Å². The summed E-state index contributed by atoms with van der Waals surface area (Å²) in [5, 5.41) is 3.24. The largest absolute Gasteiger partial charge is 0.261 e. The molecule has 0 aliphatic rings. The van der Waals surface area contributed by atoms with Crippen molar-refractivity contribution in [2.45, 2.75) is 32.6 Å². The van der Waals surface area contributed by atoms with E-state index in [1.165, 1.54) is 27.3 Å². The normalized spacial score (nSPS) is 10.9. The zero-order valence-corrected chi connectivity index (χ0v) is 16.8. The Labute approximate surface area is 170 Å². The first-order valence-corrected chi connectivity index (χ1v) is 10.6. The van der Waals surface area contributed by atoms with Crippen LogP contribution in [0.25, 0.3) is 11.1 Å². The Morgan fingerprint density at radius 1 is 0.714 bits per heavy atom. The average molecular weight is 386 g/mol. The Morgan fingerprint density at radius 3 is 2.07 bits per heavy atom. The molecule has 0 aliphatic heterocycles. The molecule has 0 atom stereocenters. The zero-order valence-electron chi connectivity index (χ0n) is 16.0. The molecule has 0 unspecified atom stereocenters. The number of thiazole rings is 1. The fourth-order valence-electron chi connectivity index (χ4n) is 3.43. The molecule has 28 heavy (non-hydrogen) atoms. The van der Waals surface area contributed by atoms with Gasteiger partial charge in [-0.2, -0.15) is 0 Å². The Hall–Kier alpha value is -2.85. The summed E-state index contributed by atoms with van der Waals surface area (Å²) in [7, 11) is 0. The van der Waals surface area contributed by atoms with Gasteiger partial charge >= 0.3 is 0 Å². The number of rotatable bonds is 7. The van der Waals surface area contributed by atoms with E-state index in [0.29, 0.717) is 0 Å². The maximum absolute atomic E-state index is 4.68. The highest BCUT2D eigenvalue weighted by atomic mass is 32.1. The second kappa shape index (κ2) is 8.89. The third-order valence-corrected chi connectivity index (χ3v) is 5.75. The highest BCUT2D eigenvalue weighted by Gasteiger charge is 2.11. The quantitative estimate of drug-likeness (QED) is 0.419. The molecule has 3 heterocycles. The minimum absolute atomic E-state index is 0.820. The molecule has 140 valence electrons. The molecule has 0 saturated heterocycles. The van der Waals surface area contributed by atoms with Gasteiger partial charge in [0.1, 0.15) is 0 Å². The summed E-state index contributed by atoms with van der Waals surface area (Å²) in [6, 6.07) is 17.2. The summed E-state index contributed by atoms with van der Waals surface area (Å²) in [6.45, 7) is 2.15. The van der Waals surface area contributed by atoms with E-state index in [-0.39, 0.29) is 0 Å². The maximum Gasteiger partial charge on any atom is 0.0928 e. The van der Waals surface area contributed by atoms with Gasteiger partial charge in [-0.05, 0) is 36.1 Å². The van der Waals surface area contributed by atoms with Gasteiger partial charge in [-0.25, -0.2) is 4.98 Å². The smallest absolute Gasteiger partial charge is 0.0928 e. The fourth-order valence-corrected chi connectivity index (χ4v) is 4.05. The second-order valence-corrected chi connectivity index (χ2v) is 7.75. The van der Waals surface area contributed by atoms with Crippen LogP contribution in [0.4, 0.5) is 0 Å². The first-order chi connectivity index (χ1) is 13.8. The summed E-state index contributed by atoms with van der Waals surface area (Å²) in [4.78, 5) is 13.6. The SMILES string of the molecule is CCc1ncccc1-c1cccnc1Cc1ccc(CCc2nccs2)cc1. The van der Waals surface area contributed by atoms with Crippen LogP contribution in [0.1, 0.15) is 34.4 Å². The summed E-state index contributed by atoms with van der Waals surface area (Å²) in [6.07, 6.45) is 9.38. The molecule has 4 heteroatoms. The number of benzene rings is 1. The van der Waals surface area contributed by atoms with E-state index in [4.69, 9.17) is 0 Å². The molecule has 0 bridgehead atoms. The molecular formula is C24H23N3S. The molecule has 0 spiro atoms. The van der Waals surface area contributed by atoms with E-state index >= 15 is 0 Å². The number of hydrogen-bond acceptors (Lipinski definition) is 4. The van der Waals surface area contributed by atoms with Crippen LogP contribution in [0, 0.1) is 0 Å². The first-order valence-electron chi connectivity index (χ1n) is 9.68. The van der Waals surface area contributed by atoms with E-state index in [2.05, 4.69) is 58.3 Å². The Balaban J connectivity index is 1.52. The minimum Gasteiger partial charge on any atom is -0.261 e. The lowest BCUT2D eigenvalue weighted by atomic mass is 9.97. The van der Waals surface area contributed by atoms with Crippen molar-refractivity contribution >= 4 is 11.3 Å². The van der Waals surface area contributed by atoms with E-state index in [0.717, 1.165) is 37.1 Å². The van der Waals surface area contributed by atoms with Crippen LogP contribution in [-0.2, 0) is 25.7 Å². The Morgan fingerprint density at radius 2 is 1.39 bits per heavy atom. The van der Waals surface area contributed by atoms with Crippen molar-refractivity contribution in [3.05, 3.63) is 100 Å². The minimum atomic E-state index is 0.820. The molecule has 0 fully saturated rings.